The third kappa shape index (κ3) is 3.13. The molecule has 1 aromatic rings. The molecule has 0 aliphatic carbocycles. The van der Waals surface area contributed by atoms with Crippen molar-refractivity contribution in [2.45, 2.75) is 29.9 Å². The fourth-order valence-corrected chi connectivity index (χ4v) is 5.15. The highest BCUT2D eigenvalue weighted by Crippen LogP contribution is 2.21. The van der Waals surface area contributed by atoms with E-state index >= 15 is 0 Å². The molecule has 0 bridgehead atoms. The maximum absolute atomic E-state index is 12.1. The fourth-order valence-electron chi connectivity index (χ4n) is 2.16. The first-order chi connectivity index (χ1) is 9.22. The van der Waals surface area contributed by atoms with Gasteiger partial charge in [-0.1, -0.05) is 6.07 Å². The number of nitrogens with two attached hydrogens (primary N) is 1. The molecule has 2 rings (SSSR count). The summed E-state index contributed by atoms with van der Waals surface area (Å²) in [6, 6.07) is 4.45. The Labute approximate surface area is 119 Å². The minimum atomic E-state index is -3.73. The van der Waals surface area contributed by atoms with Gasteiger partial charge >= 0.3 is 0 Å². The van der Waals surface area contributed by atoms with Crippen LogP contribution in [0.5, 0.6) is 0 Å². The molecular formula is C12H18N2O4S2. The zero-order valence-corrected chi connectivity index (χ0v) is 12.8. The Morgan fingerprint density at radius 2 is 2.10 bits per heavy atom. The zero-order valence-electron chi connectivity index (χ0n) is 11.2. The van der Waals surface area contributed by atoms with Gasteiger partial charge in [0.25, 0.3) is 0 Å². The number of hydrogen-bond donors (Lipinski definition) is 2. The highest BCUT2D eigenvalue weighted by molar-refractivity contribution is 7.92. The summed E-state index contributed by atoms with van der Waals surface area (Å²) in [5.74, 6) is 0.136. The predicted octanol–water partition coefficient (Wildman–Crippen LogP) is 0.433. The van der Waals surface area contributed by atoms with E-state index in [9.17, 15) is 16.8 Å². The number of nitrogens with one attached hydrogen (secondary N) is 1. The molecule has 112 valence electrons. The second-order valence-corrected chi connectivity index (χ2v) is 9.17. The lowest BCUT2D eigenvalue weighted by Crippen LogP contribution is -2.34. The lowest BCUT2D eigenvalue weighted by Gasteiger charge is -2.12. The van der Waals surface area contributed by atoms with Crippen LogP contribution in [0.4, 0.5) is 5.69 Å². The van der Waals surface area contributed by atoms with Crippen LogP contribution >= 0.6 is 0 Å². The Morgan fingerprint density at radius 3 is 2.65 bits per heavy atom. The Hall–Kier alpha value is -1.12. The summed E-state index contributed by atoms with van der Waals surface area (Å²) < 4.78 is 49.9. The molecule has 1 heterocycles. The highest BCUT2D eigenvalue weighted by atomic mass is 32.2. The SMILES string of the molecule is Cc1ccc(S(=O)(=O)NCC2CCCS2(=O)=O)cc1N. The fraction of sp³-hybridized carbons (Fsp3) is 0.500. The Balaban J connectivity index is 2.13. The molecule has 8 heteroatoms. The molecule has 1 aromatic carbocycles. The van der Waals surface area contributed by atoms with Gasteiger partial charge in [0.2, 0.25) is 10.0 Å². The summed E-state index contributed by atoms with van der Waals surface area (Å²) >= 11 is 0. The van der Waals surface area contributed by atoms with E-state index in [0.29, 0.717) is 18.5 Å². The van der Waals surface area contributed by atoms with Gasteiger partial charge in [-0.2, -0.15) is 0 Å². The number of anilines is 1. The minimum absolute atomic E-state index is 0.0518. The van der Waals surface area contributed by atoms with E-state index in [-0.39, 0.29) is 17.2 Å². The van der Waals surface area contributed by atoms with Gasteiger partial charge in [-0.15, -0.1) is 0 Å². The number of sulfonamides is 1. The molecule has 1 aliphatic heterocycles. The minimum Gasteiger partial charge on any atom is -0.398 e. The maximum atomic E-state index is 12.1. The van der Waals surface area contributed by atoms with E-state index in [1.54, 1.807) is 13.0 Å². The molecule has 0 radical (unpaired) electrons. The molecule has 0 saturated carbocycles. The average Bonchev–Trinajstić information content (AvgIpc) is 2.69. The molecule has 1 fully saturated rings. The standard InChI is InChI=1S/C12H18N2O4S2/c1-9-4-5-10(7-12(9)13)20(17,18)14-8-11-3-2-6-19(11,15)16/h4-5,7,11,14H,2-3,6,8,13H2,1H3. The number of nitrogen functional groups attached to an aromatic ring is 1. The van der Waals surface area contributed by atoms with Gasteiger partial charge in [0.05, 0.1) is 15.9 Å². The van der Waals surface area contributed by atoms with E-state index in [4.69, 9.17) is 5.73 Å². The zero-order chi connectivity index (χ0) is 15.0. The molecule has 1 saturated heterocycles. The largest absolute Gasteiger partial charge is 0.398 e. The van der Waals surface area contributed by atoms with Crippen LogP contribution in [0.2, 0.25) is 0 Å². The summed E-state index contributed by atoms with van der Waals surface area (Å²) in [5, 5.41) is -0.625. The average molecular weight is 318 g/mol. The lowest BCUT2D eigenvalue weighted by atomic mass is 10.2. The number of benzene rings is 1. The molecule has 1 aliphatic rings. The van der Waals surface area contributed by atoms with Crippen molar-refractivity contribution in [2.75, 3.05) is 18.0 Å². The van der Waals surface area contributed by atoms with Crippen molar-refractivity contribution in [1.82, 2.24) is 4.72 Å². The van der Waals surface area contributed by atoms with Crippen molar-refractivity contribution in [2.24, 2.45) is 0 Å². The first-order valence-corrected chi connectivity index (χ1v) is 9.49. The normalized spacial score (nSPS) is 21.9. The van der Waals surface area contributed by atoms with E-state index in [1.807, 2.05) is 0 Å². The van der Waals surface area contributed by atoms with Gasteiger partial charge in [0.15, 0.2) is 9.84 Å². The van der Waals surface area contributed by atoms with Crippen molar-refractivity contribution in [1.29, 1.82) is 0 Å². The van der Waals surface area contributed by atoms with Crippen LogP contribution in [0, 0.1) is 6.92 Å². The van der Waals surface area contributed by atoms with Crippen LogP contribution in [0.15, 0.2) is 23.1 Å². The second kappa shape index (κ2) is 5.34. The van der Waals surface area contributed by atoms with Crippen LogP contribution in [0.1, 0.15) is 18.4 Å². The van der Waals surface area contributed by atoms with Gasteiger partial charge in [0.1, 0.15) is 0 Å². The Bertz CT molecular complexity index is 711. The van der Waals surface area contributed by atoms with Gasteiger partial charge in [-0.3, -0.25) is 0 Å². The second-order valence-electron chi connectivity index (χ2n) is 5.00. The molecule has 3 N–H and O–H groups in total. The maximum Gasteiger partial charge on any atom is 0.240 e. The molecule has 1 atom stereocenters. The Morgan fingerprint density at radius 1 is 1.40 bits per heavy atom. The molecular weight excluding hydrogens is 300 g/mol. The number of rotatable bonds is 4. The van der Waals surface area contributed by atoms with Gasteiger partial charge < -0.3 is 5.73 Å². The van der Waals surface area contributed by atoms with E-state index in [1.165, 1.54) is 12.1 Å². The van der Waals surface area contributed by atoms with Gasteiger partial charge in [-0.05, 0) is 37.5 Å². The van der Waals surface area contributed by atoms with Crippen LogP contribution in [0.3, 0.4) is 0 Å². The number of aryl methyl sites for hydroxylation is 1. The third-order valence-electron chi connectivity index (χ3n) is 3.52. The summed E-state index contributed by atoms with van der Waals surface area (Å²) in [6.45, 7) is 1.70. The highest BCUT2D eigenvalue weighted by Gasteiger charge is 2.32. The first-order valence-electron chi connectivity index (χ1n) is 6.30. The van der Waals surface area contributed by atoms with Gasteiger partial charge in [0, 0.05) is 12.2 Å². The lowest BCUT2D eigenvalue weighted by molar-refractivity contribution is 0.571. The summed E-state index contributed by atoms with van der Waals surface area (Å²) in [5.41, 5.74) is 6.87. The predicted molar refractivity (Wildman–Crippen MR) is 77.6 cm³/mol. The third-order valence-corrected chi connectivity index (χ3v) is 7.22. The topological polar surface area (TPSA) is 106 Å². The summed E-state index contributed by atoms with van der Waals surface area (Å²) in [4.78, 5) is 0.0518. The molecule has 0 spiro atoms. The van der Waals surface area contributed by atoms with E-state index < -0.39 is 25.1 Å². The molecule has 20 heavy (non-hydrogen) atoms. The first kappa shape index (κ1) is 15.3. The van der Waals surface area contributed by atoms with Crippen molar-refractivity contribution < 1.29 is 16.8 Å². The van der Waals surface area contributed by atoms with Crippen molar-refractivity contribution in [3.63, 3.8) is 0 Å². The number of hydrogen-bond acceptors (Lipinski definition) is 5. The monoisotopic (exact) mass is 318 g/mol. The van der Waals surface area contributed by atoms with Crippen LogP contribution in [0.25, 0.3) is 0 Å². The van der Waals surface area contributed by atoms with Crippen molar-refractivity contribution in [3.8, 4) is 0 Å². The quantitative estimate of drug-likeness (QED) is 0.783. The van der Waals surface area contributed by atoms with Crippen LogP contribution in [-0.2, 0) is 19.9 Å². The van der Waals surface area contributed by atoms with Crippen LogP contribution in [-0.4, -0.2) is 34.4 Å². The molecule has 0 amide bonds. The van der Waals surface area contributed by atoms with Crippen LogP contribution < -0.4 is 10.5 Å². The van der Waals surface area contributed by atoms with E-state index in [2.05, 4.69) is 4.72 Å². The van der Waals surface area contributed by atoms with Crippen molar-refractivity contribution in [3.05, 3.63) is 23.8 Å². The summed E-state index contributed by atoms with van der Waals surface area (Å²) in [6.07, 6.45) is 1.09. The molecule has 1 unspecified atom stereocenters. The molecule has 0 aromatic heterocycles. The Kier molecular flexibility index (Phi) is 4.08. The smallest absolute Gasteiger partial charge is 0.240 e. The summed E-state index contributed by atoms with van der Waals surface area (Å²) in [7, 11) is -6.89. The van der Waals surface area contributed by atoms with E-state index in [0.717, 1.165) is 5.56 Å². The molecule has 6 nitrogen and oxygen atoms in total. The van der Waals surface area contributed by atoms with Gasteiger partial charge in [-0.25, -0.2) is 21.6 Å². The number of sulfone groups is 1. The van der Waals surface area contributed by atoms with Crippen molar-refractivity contribution >= 4 is 25.5 Å².